The Morgan fingerprint density at radius 1 is 1.00 bits per heavy atom. The van der Waals surface area contributed by atoms with E-state index in [1.165, 1.54) is 24.0 Å². The van der Waals surface area contributed by atoms with Gasteiger partial charge in [-0.25, -0.2) is 0 Å². The van der Waals surface area contributed by atoms with E-state index in [4.69, 9.17) is 5.73 Å². The van der Waals surface area contributed by atoms with Crippen LogP contribution in [0.25, 0.3) is 0 Å². The molecule has 2 aromatic rings. The van der Waals surface area contributed by atoms with Crippen LogP contribution in [0.15, 0.2) is 48.5 Å². The summed E-state index contributed by atoms with van der Waals surface area (Å²) in [6.07, 6.45) is 4.55. The van der Waals surface area contributed by atoms with E-state index in [9.17, 15) is 4.79 Å². The van der Waals surface area contributed by atoms with Gasteiger partial charge in [0.1, 0.15) is 6.04 Å². The molecular weight excluding hydrogens is 296 g/mol. The first-order valence-electron chi connectivity index (χ1n) is 7.48. The molecule has 1 atom stereocenters. The number of aryl methyl sites for hydroxylation is 1. The van der Waals surface area contributed by atoms with Gasteiger partial charge in [0, 0.05) is 5.69 Å². The second-order valence-corrected chi connectivity index (χ2v) is 5.53. The van der Waals surface area contributed by atoms with Gasteiger partial charge in [0.25, 0.3) is 0 Å². The van der Waals surface area contributed by atoms with Crippen LogP contribution >= 0.6 is 12.4 Å². The molecule has 0 aliphatic heterocycles. The average molecular weight is 317 g/mol. The second kappa shape index (κ2) is 7.43. The molecule has 0 fully saturated rings. The van der Waals surface area contributed by atoms with Crippen molar-refractivity contribution in [3.05, 3.63) is 65.2 Å². The summed E-state index contributed by atoms with van der Waals surface area (Å²) in [7, 11) is 0. The number of anilines is 1. The molecule has 0 saturated heterocycles. The Kier molecular flexibility index (Phi) is 5.58. The lowest BCUT2D eigenvalue weighted by molar-refractivity contribution is -0.117. The fourth-order valence-electron chi connectivity index (χ4n) is 2.92. The van der Waals surface area contributed by atoms with Crippen LogP contribution in [0.1, 0.15) is 35.6 Å². The lowest BCUT2D eigenvalue weighted by Gasteiger charge is -2.20. The summed E-state index contributed by atoms with van der Waals surface area (Å²) in [6, 6.07) is 15.0. The molecule has 1 amide bonds. The van der Waals surface area contributed by atoms with E-state index in [0.717, 1.165) is 24.1 Å². The van der Waals surface area contributed by atoms with E-state index in [1.54, 1.807) is 0 Å². The lowest BCUT2D eigenvalue weighted by atomic mass is 9.90. The summed E-state index contributed by atoms with van der Waals surface area (Å²) in [6.45, 7) is 0. The van der Waals surface area contributed by atoms with Crippen LogP contribution < -0.4 is 11.1 Å². The van der Waals surface area contributed by atoms with Crippen molar-refractivity contribution in [3.63, 3.8) is 0 Å². The minimum absolute atomic E-state index is 0. The van der Waals surface area contributed by atoms with E-state index in [-0.39, 0.29) is 18.3 Å². The van der Waals surface area contributed by atoms with Crippen molar-refractivity contribution in [2.24, 2.45) is 5.73 Å². The van der Waals surface area contributed by atoms with Crippen molar-refractivity contribution in [3.8, 4) is 0 Å². The normalized spacial score (nSPS) is 14.4. The van der Waals surface area contributed by atoms with E-state index in [2.05, 4.69) is 11.4 Å². The van der Waals surface area contributed by atoms with Crippen molar-refractivity contribution >= 4 is 24.0 Å². The van der Waals surface area contributed by atoms with Crippen LogP contribution in [0.5, 0.6) is 0 Å². The summed E-state index contributed by atoms with van der Waals surface area (Å²) < 4.78 is 0. The Morgan fingerprint density at radius 3 is 2.50 bits per heavy atom. The summed E-state index contributed by atoms with van der Waals surface area (Å²) in [5.41, 5.74) is 10.4. The molecule has 0 aromatic heterocycles. The fourth-order valence-corrected chi connectivity index (χ4v) is 2.92. The largest absolute Gasteiger partial charge is 0.324 e. The number of amides is 1. The maximum Gasteiger partial charge on any atom is 0.245 e. The van der Waals surface area contributed by atoms with Crippen LogP contribution in [-0.2, 0) is 17.6 Å². The molecular formula is C18H21ClN2O. The molecule has 1 aliphatic rings. The molecule has 0 heterocycles. The van der Waals surface area contributed by atoms with Crippen LogP contribution in [0.2, 0.25) is 0 Å². The Morgan fingerprint density at radius 2 is 1.73 bits per heavy atom. The number of nitrogens with two attached hydrogens (primary N) is 1. The van der Waals surface area contributed by atoms with Gasteiger partial charge in [0.05, 0.1) is 0 Å². The van der Waals surface area contributed by atoms with Gasteiger partial charge < -0.3 is 11.1 Å². The number of halogens is 1. The molecule has 2 aromatic carbocycles. The van der Waals surface area contributed by atoms with Gasteiger partial charge in [0.2, 0.25) is 5.91 Å². The number of carbonyl (C=O) groups is 1. The first-order chi connectivity index (χ1) is 10.3. The number of nitrogens with one attached hydrogen (secondary N) is 1. The van der Waals surface area contributed by atoms with Gasteiger partial charge in [-0.3, -0.25) is 4.79 Å². The number of hydrogen-bond donors (Lipinski definition) is 2. The third kappa shape index (κ3) is 3.49. The van der Waals surface area contributed by atoms with Crippen molar-refractivity contribution in [1.29, 1.82) is 0 Å². The van der Waals surface area contributed by atoms with E-state index in [0.29, 0.717) is 0 Å². The van der Waals surface area contributed by atoms with Crippen LogP contribution in [0, 0.1) is 0 Å². The zero-order valence-electron chi connectivity index (χ0n) is 12.4. The van der Waals surface area contributed by atoms with Crippen molar-refractivity contribution in [2.45, 2.75) is 31.7 Å². The molecule has 4 heteroatoms. The first kappa shape index (κ1) is 16.5. The average Bonchev–Trinajstić information content (AvgIpc) is 2.55. The molecule has 0 bridgehead atoms. The van der Waals surface area contributed by atoms with Crippen molar-refractivity contribution in [2.75, 3.05) is 5.32 Å². The first-order valence-corrected chi connectivity index (χ1v) is 7.48. The van der Waals surface area contributed by atoms with Gasteiger partial charge in [-0.2, -0.15) is 0 Å². The molecule has 116 valence electrons. The molecule has 1 aliphatic carbocycles. The third-order valence-corrected chi connectivity index (χ3v) is 4.09. The zero-order valence-corrected chi connectivity index (χ0v) is 13.2. The molecule has 3 rings (SSSR count). The predicted octanol–water partition coefficient (Wildman–Crippen LogP) is 3.63. The highest BCUT2D eigenvalue weighted by atomic mass is 35.5. The highest BCUT2D eigenvalue weighted by molar-refractivity contribution is 5.96. The zero-order chi connectivity index (χ0) is 14.7. The smallest absolute Gasteiger partial charge is 0.245 e. The van der Waals surface area contributed by atoms with Crippen molar-refractivity contribution < 1.29 is 4.79 Å². The number of carbonyl (C=O) groups excluding carboxylic acids is 1. The minimum atomic E-state index is -0.634. The number of rotatable bonds is 3. The lowest BCUT2D eigenvalue weighted by Crippen LogP contribution is -2.28. The van der Waals surface area contributed by atoms with Gasteiger partial charge in [-0.05, 0) is 48.4 Å². The quantitative estimate of drug-likeness (QED) is 0.908. The summed E-state index contributed by atoms with van der Waals surface area (Å²) >= 11 is 0. The molecule has 0 saturated carbocycles. The highest BCUT2D eigenvalue weighted by Crippen LogP contribution is 2.28. The number of fused-ring (bicyclic) bond motifs is 1. The Labute approximate surface area is 137 Å². The summed E-state index contributed by atoms with van der Waals surface area (Å²) in [5, 5.41) is 3.00. The highest BCUT2D eigenvalue weighted by Gasteiger charge is 2.19. The van der Waals surface area contributed by atoms with Crippen LogP contribution in [-0.4, -0.2) is 5.91 Å². The third-order valence-electron chi connectivity index (χ3n) is 4.09. The fraction of sp³-hybridized carbons (Fsp3) is 0.278. The van der Waals surface area contributed by atoms with Gasteiger partial charge in [-0.15, -0.1) is 12.4 Å². The van der Waals surface area contributed by atoms with E-state index in [1.807, 2.05) is 42.5 Å². The summed E-state index contributed by atoms with van der Waals surface area (Å²) in [5.74, 6) is -0.153. The second-order valence-electron chi connectivity index (χ2n) is 5.53. The molecule has 0 radical (unpaired) electrons. The van der Waals surface area contributed by atoms with Crippen LogP contribution in [0.4, 0.5) is 5.69 Å². The Bertz CT molecular complexity index is 643. The maximum absolute atomic E-state index is 12.4. The summed E-state index contributed by atoms with van der Waals surface area (Å²) in [4.78, 5) is 12.4. The molecule has 22 heavy (non-hydrogen) atoms. The van der Waals surface area contributed by atoms with Crippen LogP contribution in [0.3, 0.4) is 0 Å². The molecule has 3 nitrogen and oxygen atoms in total. The maximum atomic E-state index is 12.4. The topological polar surface area (TPSA) is 55.1 Å². The van der Waals surface area contributed by atoms with E-state index < -0.39 is 6.04 Å². The molecule has 0 spiro atoms. The van der Waals surface area contributed by atoms with Crippen molar-refractivity contribution in [1.82, 2.24) is 0 Å². The standard InChI is InChI=1S/C18H20N2O.ClH/c19-17(14-8-2-1-3-9-14)18(21)20-16-12-6-10-13-7-4-5-11-15(13)16;/h1-3,6,8-10,12,17H,4-5,7,11,19H2,(H,20,21);1H. The molecule has 3 N–H and O–H groups in total. The Hall–Kier alpha value is -1.84. The number of benzene rings is 2. The van der Waals surface area contributed by atoms with Gasteiger partial charge in [0.15, 0.2) is 0 Å². The van der Waals surface area contributed by atoms with Gasteiger partial charge >= 0.3 is 0 Å². The number of hydrogen-bond acceptors (Lipinski definition) is 2. The minimum Gasteiger partial charge on any atom is -0.324 e. The molecule has 1 unspecified atom stereocenters. The SMILES string of the molecule is Cl.NC(C(=O)Nc1cccc2c1CCCC2)c1ccccc1. The Balaban J connectivity index is 0.00000176. The predicted molar refractivity (Wildman–Crippen MR) is 92.3 cm³/mol. The van der Waals surface area contributed by atoms with E-state index >= 15 is 0 Å². The van der Waals surface area contributed by atoms with Gasteiger partial charge in [-0.1, -0.05) is 42.5 Å². The monoisotopic (exact) mass is 316 g/mol.